The summed E-state index contributed by atoms with van der Waals surface area (Å²) in [5.74, 6) is 2.18. The maximum atomic E-state index is 10.7. The van der Waals surface area contributed by atoms with Crippen molar-refractivity contribution in [2.45, 2.75) is 44.8 Å². The highest BCUT2D eigenvalue weighted by molar-refractivity contribution is 5.03. The maximum Gasteiger partial charge on any atom is 0.117 e. The molecule has 3 nitrogen and oxygen atoms in total. The van der Waals surface area contributed by atoms with Crippen LogP contribution < -0.4 is 0 Å². The van der Waals surface area contributed by atoms with Gasteiger partial charge in [0.1, 0.15) is 5.76 Å². The third-order valence-corrected chi connectivity index (χ3v) is 4.96. The molecule has 18 heavy (non-hydrogen) atoms. The Bertz CT molecular complexity index is 389. The van der Waals surface area contributed by atoms with Crippen molar-refractivity contribution < 1.29 is 9.52 Å². The highest BCUT2D eigenvalue weighted by Crippen LogP contribution is 2.44. The molecule has 100 valence electrons. The van der Waals surface area contributed by atoms with Gasteiger partial charge in [-0.15, -0.1) is 0 Å². The summed E-state index contributed by atoms with van der Waals surface area (Å²) in [6.45, 7) is 5.15. The van der Waals surface area contributed by atoms with Gasteiger partial charge in [-0.05, 0) is 37.3 Å². The van der Waals surface area contributed by atoms with Crippen molar-refractivity contribution in [3.63, 3.8) is 0 Å². The molecule has 1 saturated heterocycles. The van der Waals surface area contributed by atoms with E-state index in [0.717, 1.165) is 38.2 Å². The van der Waals surface area contributed by atoms with Crippen LogP contribution in [0.1, 0.15) is 38.4 Å². The van der Waals surface area contributed by atoms with Crippen LogP contribution in [0.3, 0.4) is 0 Å². The van der Waals surface area contributed by atoms with Crippen LogP contribution in [0.4, 0.5) is 0 Å². The Morgan fingerprint density at radius 1 is 1.50 bits per heavy atom. The lowest BCUT2D eigenvalue weighted by Crippen LogP contribution is -2.44. The first-order valence-electron chi connectivity index (χ1n) is 7.18. The first-order valence-corrected chi connectivity index (χ1v) is 7.18. The van der Waals surface area contributed by atoms with Gasteiger partial charge in [-0.2, -0.15) is 0 Å². The van der Waals surface area contributed by atoms with Crippen LogP contribution >= 0.6 is 0 Å². The van der Waals surface area contributed by atoms with Crippen LogP contribution in [0, 0.1) is 11.8 Å². The van der Waals surface area contributed by atoms with Crippen LogP contribution in [0.25, 0.3) is 0 Å². The van der Waals surface area contributed by atoms with Gasteiger partial charge in [-0.1, -0.05) is 13.3 Å². The molecule has 1 aromatic heterocycles. The van der Waals surface area contributed by atoms with Crippen molar-refractivity contribution in [3.05, 3.63) is 24.2 Å². The van der Waals surface area contributed by atoms with Gasteiger partial charge < -0.3 is 9.52 Å². The van der Waals surface area contributed by atoms with E-state index in [1.54, 1.807) is 6.26 Å². The van der Waals surface area contributed by atoms with E-state index < -0.39 is 5.60 Å². The lowest BCUT2D eigenvalue weighted by molar-refractivity contribution is -0.0613. The second kappa shape index (κ2) is 4.71. The van der Waals surface area contributed by atoms with Gasteiger partial charge in [-0.3, -0.25) is 4.90 Å². The lowest BCUT2D eigenvalue weighted by atomic mass is 9.69. The molecular weight excluding hydrogens is 226 g/mol. The molecule has 0 unspecified atom stereocenters. The Labute approximate surface area is 109 Å². The number of fused-ring (bicyclic) bond motifs is 1. The maximum absolute atomic E-state index is 10.7. The molecule has 0 bridgehead atoms. The first kappa shape index (κ1) is 12.2. The fourth-order valence-electron chi connectivity index (χ4n) is 3.91. The quantitative estimate of drug-likeness (QED) is 0.894. The molecule has 1 aromatic rings. The number of furan rings is 1. The summed E-state index contributed by atoms with van der Waals surface area (Å²) in [5, 5.41) is 10.7. The Hall–Kier alpha value is -0.800. The lowest BCUT2D eigenvalue weighted by Gasteiger charge is -2.40. The van der Waals surface area contributed by atoms with Gasteiger partial charge >= 0.3 is 0 Å². The van der Waals surface area contributed by atoms with Crippen LogP contribution in [-0.4, -0.2) is 28.7 Å². The summed E-state index contributed by atoms with van der Waals surface area (Å²) in [6.07, 6.45) is 6.07. The Kier molecular flexibility index (Phi) is 3.20. The van der Waals surface area contributed by atoms with Gasteiger partial charge in [0.25, 0.3) is 0 Å². The molecule has 3 heteroatoms. The molecule has 3 rings (SSSR count). The molecule has 1 aliphatic carbocycles. The van der Waals surface area contributed by atoms with Crippen LogP contribution in [0.2, 0.25) is 0 Å². The number of hydrogen-bond donors (Lipinski definition) is 1. The third kappa shape index (κ3) is 2.10. The van der Waals surface area contributed by atoms with E-state index in [4.69, 9.17) is 4.42 Å². The Morgan fingerprint density at radius 2 is 2.39 bits per heavy atom. The van der Waals surface area contributed by atoms with Crippen molar-refractivity contribution in [2.24, 2.45) is 11.8 Å². The van der Waals surface area contributed by atoms with Gasteiger partial charge in [0.15, 0.2) is 0 Å². The zero-order chi connectivity index (χ0) is 12.6. The van der Waals surface area contributed by atoms with E-state index in [1.165, 1.54) is 12.8 Å². The Morgan fingerprint density at radius 3 is 3.11 bits per heavy atom. The Balaban J connectivity index is 1.69. The monoisotopic (exact) mass is 249 g/mol. The third-order valence-electron chi connectivity index (χ3n) is 4.96. The molecule has 0 aromatic carbocycles. The minimum absolute atomic E-state index is 0.416. The molecule has 0 spiro atoms. The summed E-state index contributed by atoms with van der Waals surface area (Å²) >= 11 is 0. The number of rotatable bonds is 3. The van der Waals surface area contributed by atoms with E-state index in [9.17, 15) is 5.11 Å². The van der Waals surface area contributed by atoms with Gasteiger partial charge in [-0.25, -0.2) is 0 Å². The fraction of sp³-hybridized carbons (Fsp3) is 0.733. The summed E-state index contributed by atoms with van der Waals surface area (Å²) in [4.78, 5) is 2.44. The molecule has 3 atom stereocenters. The molecule has 0 radical (unpaired) electrons. The average molecular weight is 249 g/mol. The minimum atomic E-state index is -0.416. The standard InChI is InChI=1S/C15H23NO2/c1-2-15(17)7-3-5-12-9-16(11-14(12)15)10-13-6-4-8-18-13/h4,6,8,12,14,17H,2-3,5,7,9-11H2,1H3/t12-,14+,15-/m1/s1. The second-order valence-electron chi connectivity index (χ2n) is 5.99. The molecule has 1 aliphatic heterocycles. The molecule has 2 fully saturated rings. The van der Waals surface area contributed by atoms with Crippen molar-refractivity contribution in [1.82, 2.24) is 4.90 Å². The van der Waals surface area contributed by atoms with Crippen LogP contribution in [0.5, 0.6) is 0 Å². The molecule has 1 N–H and O–H groups in total. The van der Waals surface area contributed by atoms with Crippen molar-refractivity contribution in [2.75, 3.05) is 13.1 Å². The summed E-state index contributed by atoms with van der Waals surface area (Å²) in [6, 6.07) is 3.98. The van der Waals surface area contributed by atoms with Crippen molar-refractivity contribution in [1.29, 1.82) is 0 Å². The summed E-state index contributed by atoms with van der Waals surface area (Å²) < 4.78 is 5.42. The number of likely N-dealkylation sites (tertiary alicyclic amines) is 1. The predicted molar refractivity (Wildman–Crippen MR) is 70.1 cm³/mol. The molecule has 0 amide bonds. The molecular formula is C15H23NO2. The molecule has 1 saturated carbocycles. The van der Waals surface area contributed by atoms with E-state index in [0.29, 0.717) is 11.8 Å². The van der Waals surface area contributed by atoms with E-state index in [-0.39, 0.29) is 0 Å². The summed E-state index contributed by atoms with van der Waals surface area (Å²) in [7, 11) is 0. The highest BCUT2D eigenvalue weighted by Gasteiger charge is 2.47. The number of aliphatic hydroxyl groups is 1. The smallest absolute Gasteiger partial charge is 0.117 e. The van der Waals surface area contributed by atoms with E-state index >= 15 is 0 Å². The predicted octanol–water partition coefficient (Wildman–Crippen LogP) is 2.65. The first-order chi connectivity index (χ1) is 8.71. The normalized spacial score (nSPS) is 36.8. The van der Waals surface area contributed by atoms with Gasteiger partial charge in [0, 0.05) is 19.0 Å². The zero-order valence-electron chi connectivity index (χ0n) is 11.1. The van der Waals surface area contributed by atoms with Crippen LogP contribution in [0.15, 0.2) is 22.8 Å². The largest absolute Gasteiger partial charge is 0.468 e. The number of hydrogen-bond acceptors (Lipinski definition) is 3. The van der Waals surface area contributed by atoms with Crippen LogP contribution in [-0.2, 0) is 6.54 Å². The van der Waals surface area contributed by atoms with Crippen molar-refractivity contribution in [3.8, 4) is 0 Å². The average Bonchev–Trinajstić information content (AvgIpc) is 2.99. The zero-order valence-corrected chi connectivity index (χ0v) is 11.1. The van der Waals surface area contributed by atoms with Crippen molar-refractivity contribution >= 4 is 0 Å². The summed E-state index contributed by atoms with van der Waals surface area (Å²) in [5.41, 5.74) is -0.416. The fourth-order valence-corrected chi connectivity index (χ4v) is 3.91. The number of nitrogens with zero attached hydrogens (tertiary/aromatic N) is 1. The second-order valence-corrected chi connectivity index (χ2v) is 5.99. The van der Waals surface area contributed by atoms with Gasteiger partial charge in [0.2, 0.25) is 0 Å². The van der Waals surface area contributed by atoms with E-state index in [2.05, 4.69) is 11.8 Å². The van der Waals surface area contributed by atoms with E-state index in [1.807, 2.05) is 12.1 Å². The van der Waals surface area contributed by atoms with Gasteiger partial charge in [0.05, 0.1) is 18.4 Å². The highest BCUT2D eigenvalue weighted by atomic mass is 16.3. The SMILES string of the molecule is CC[C@@]1(O)CCC[C@@H]2CN(Cc3ccco3)C[C@@H]21. The topological polar surface area (TPSA) is 36.6 Å². The molecule has 2 heterocycles. The minimum Gasteiger partial charge on any atom is -0.468 e. The molecule has 2 aliphatic rings.